The lowest BCUT2D eigenvalue weighted by molar-refractivity contribution is 0.105. The monoisotopic (exact) mass is 716 g/mol. The van der Waals surface area contributed by atoms with Crippen LogP contribution in [0.5, 0.6) is 0 Å². The van der Waals surface area contributed by atoms with E-state index >= 15 is 0 Å². The van der Waals surface area contributed by atoms with Crippen molar-refractivity contribution < 1.29 is 38.0 Å². The van der Waals surface area contributed by atoms with Gasteiger partial charge in [0.15, 0.2) is 23.3 Å². The minimum atomic E-state index is -1.12. The van der Waals surface area contributed by atoms with Crippen LogP contribution in [0.15, 0.2) is 40.9 Å². The molecule has 0 bridgehead atoms. The molecule has 2 atom stereocenters. The number of benzene rings is 2. The van der Waals surface area contributed by atoms with Gasteiger partial charge in [-0.3, -0.25) is 0 Å². The first-order valence-electron chi connectivity index (χ1n) is 13.4. The van der Waals surface area contributed by atoms with Crippen molar-refractivity contribution >= 4 is 39.2 Å². The Hall–Kier alpha value is -3.47. The average molecular weight is 718 g/mol. The number of aromatic nitrogens is 4. The van der Waals surface area contributed by atoms with Crippen LogP contribution in [0.25, 0.3) is 22.8 Å². The first-order chi connectivity index (χ1) is 21.4. The quantitative estimate of drug-likeness (QED) is 0.0953. The summed E-state index contributed by atoms with van der Waals surface area (Å²) in [6, 6.07) is 7.88. The maximum absolute atomic E-state index is 14.0. The zero-order chi connectivity index (χ0) is 33.3. The van der Waals surface area contributed by atoms with Crippen molar-refractivity contribution in [3.05, 3.63) is 80.6 Å². The van der Waals surface area contributed by atoms with Gasteiger partial charge in [-0.2, -0.15) is 0 Å². The highest BCUT2D eigenvalue weighted by molar-refractivity contribution is 9.10. The second-order valence-electron chi connectivity index (χ2n) is 9.53. The van der Waals surface area contributed by atoms with Crippen molar-refractivity contribution in [3.63, 3.8) is 0 Å². The largest absolute Gasteiger partial charge is 0.394 e. The van der Waals surface area contributed by atoms with Gasteiger partial charge in [-0.25, -0.2) is 37.5 Å². The maximum Gasteiger partial charge on any atom is 0.186 e. The van der Waals surface area contributed by atoms with E-state index in [2.05, 4.69) is 46.5 Å². The molecule has 2 aromatic carbocycles. The highest BCUT2D eigenvalue weighted by atomic mass is 79.9. The minimum Gasteiger partial charge on any atom is -0.394 e. The van der Waals surface area contributed by atoms with E-state index in [1.807, 2.05) is 6.92 Å². The van der Waals surface area contributed by atoms with Crippen LogP contribution in [0.1, 0.15) is 18.3 Å². The maximum atomic E-state index is 14.0. The van der Waals surface area contributed by atoms with Gasteiger partial charge in [-0.05, 0) is 59.6 Å². The molecule has 0 amide bonds. The summed E-state index contributed by atoms with van der Waals surface area (Å²) in [5, 5.41) is 41.7. The predicted molar refractivity (Wildman–Crippen MR) is 165 cm³/mol. The fourth-order valence-corrected chi connectivity index (χ4v) is 4.09. The third kappa shape index (κ3) is 10.0. The molecule has 4 rings (SSSR count). The molecule has 4 aromatic rings. The van der Waals surface area contributed by atoms with Crippen molar-refractivity contribution in [1.29, 1.82) is 0 Å². The molecule has 2 aromatic heterocycles. The molecule has 0 aliphatic carbocycles. The van der Waals surface area contributed by atoms with E-state index in [0.29, 0.717) is 23.6 Å². The summed E-state index contributed by atoms with van der Waals surface area (Å²) in [6.45, 7) is 2.45. The van der Waals surface area contributed by atoms with Crippen LogP contribution in [0.4, 0.5) is 29.2 Å². The summed E-state index contributed by atoms with van der Waals surface area (Å²) >= 11 is 8.65. The van der Waals surface area contributed by atoms with Crippen LogP contribution < -0.4 is 10.6 Å². The van der Waals surface area contributed by atoms with E-state index < -0.39 is 42.1 Å². The molecule has 0 unspecified atom stereocenters. The first kappa shape index (κ1) is 36.0. The molecule has 0 saturated heterocycles. The van der Waals surface area contributed by atoms with Crippen LogP contribution in [-0.2, 0) is 6.42 Å². The number of anilines is 2. The number of hydrogen-bond donors (Lipinski definition) is 6. The summed E-state index contributed by atoms with van der Waals surface area (Å²) in [7, 11) is 0. The summed E-state index contributed by atoms with van der Waals surface area (Å²) in [5.41, 5.74) is 1.11. The Bertz CT molecular complexity index is 1620. The SMILES string of the molecule is CCc1cc(NC[C@@H](O)CO)nc(-c2ccc(F)c(Cl)c2)n1.Cc1nc(-c2cc(F)c(Br)cc2F)nc(NC[C@@H](O)CO)c1F. The van der Waals surface area contributed by atoms with Gasteiger partial charge >= 0.3 is 0 Å². The first-order valence-corrected chi connectivity index (χ1v) is 14.6. The van der Waals surface area contributed by atoms with Gasteiger partial charge in [0, 0.05) is 30.4 Å². The van der Waals surface area contributed by atoms with Crippen molar-refractivity contribution in [2.45, 2.75) is 32.5 Å². The second-order valence-corrected chi connectivity index (χ2v) is 10.8. The molecule has 2 heterocycles. The van der Waals surface area contributed by atoms with Gasteiger partial charge in [0.1, 0.15) is 23.3 Å². The molecule has 10 nitrogen and oxygen atoms in total. The highest BCUT2D eigenvalue weighted by Crippen LogP contribution is 2.28. The normalized spacial score (nSPS) is 12.3. The van der Waals surface area contributed by atoms with Crippen molar-refractivity contribution in [2.75, 3.05) is 36.9 Å². The highest BCUT2D eigenvalue weighted by Gasteiger charge is 2.18. The van der Waals surface area contributed by atoms with E-state index in [4.69, 9.17) is 21.8 Å². The van der Waals surface area contributed by atoms with Crippen molar-refractivity contribution in [2.24, 2.45) is 0 Å². The lowest BCUT2D eigenvalue weighted by Gasteiger charge is -2.13. The van der Waals surface area contributed by atoms with Crippen LogP contribution in [0.3, 0.4) is 0 Å². The molecule has 0 spiro atoms. The fourth-order valence-electron chi connectivity index (χ4n) is 3.59. The van der Waals surface area contributed by atoms with E-state index in [0.717, 1.165) is 17.8 Å². The van der Waals surface area contributed by atoms with Crippen LogP contribution in [0, 0.1) is 30.2 Å². The lowest BCUT2D eigenvalue weighted by atomic mass is 10.2. The molecule has 242 valence electrons. The molecule has 0 saturated carbocycles. The molecule has 45 heavy (non-hydrogen) atoms. The summed E-state index contributed by atoms with van der Waals surface area (Å²) < 4.78 is 54.8. The molecule has 16 heteroatoms. The summed E-state index contributed by atoms with van der Waals surface area (Å²) in [5.74, 6) is -2.30. The number of halogens is 6. The Labute approximate surface area is 269 Å². The Morgan fingerprint density at radius 2 is 1.49 bits per heavy atom. The standard InChI is InChI=1S/C15H17ClFN3O2.C14H13BrF3N3O2/c1-2-10-6-14(18-7-11(22)8-21)20-15(19-10)9-3-4-13(17)12(16)5-9;1-6-12(18)14(19-4-7(23)5-22)21-13(20-6)8-2-11(17)9(15)3-10(8)16/h3-6,11,21-22H,2,7-8H2,1H3,(H,18,19,20);2-3,7,22-23H,4-5H2,1H3,(H,19,20,21)/t11-;7-/m11/s1. The molecule has 0 aliphatic rings. The van der Waals surface area contributed by atoms with E-state index in [1.165, 1.54) is 19.1 Å². The number of hydrogen-bond acceptors (Lipinski definition) is 10. The van der Waals surface area contributed by atoms with Crippen LogP contribution in [-0.4, -0.2) is 78.9 Å². The van der Waals surface area contributed by atoms with Gasteiger partial charge < -0.3 is 31.1 Å². The molecule has 6 N–H and O–H groups in total. The second kappa shape index (κ2) is 16.7. The van der Waals surface area contributed by atoms with Gasteiger partial charge in [0.25, 0.3) is 0 Å². The number of aliphatic hydroxyl groups excluding tert-OH is 4. The van der Waals surface area contributed by atoms with Crippen molar-refractivity contribution in [3.8, 4) is 22.8 Å². The number of rotatable bonds is 11. The molecule has 0 aliphatic heterocycles. The zero-order valence-electron chi connectivity index (χ0n) is 24.0. The Kier molecular flexibility index (Phi) is 13.4. The average Bonchev–Trinajstić information content (AvgIpc) is 3.03. The zero-order valence-corrected chi connectivity index (χ0v) is 26.3. The van der Waals surface area contributed by atoms with Gasteiger partial charge in [0.2, 0.25) is 0 Å². The van der Waals surface area contributed by atoms with E-state index in [-0.39, 0.29) is 52.1 Å². The van der Waals surface area contributed by atoms with Gasteiger partial charge in [-0.1, -0.05) is 18.5 Å². The Morgan fingerprint density at radius 1 is 0.822 bits per heavy atom. The minimum absolute atomic E-state index is 0.00761. The van der Waals surface area contributed by atoms with Gasteiger partial charge in [0.05, 0.1) is 46.2 Å². The number of aliphatic hydroxyl groups is 4. The summed E-state index contributed by atoms with van der Waals surface area (Å²) in [4.78, 5) is 16.4. The van der Waals surface area contributed by atoms with Gasteiger partial charge in [-0.15, -0.1) is 0 Å². The third-order valence-electron chi connectivity index (χ3n) is 6.03. The topological polar surface area (TPSA) is 157 Å². The van der Waals surface area contributed by atoms with Crippen LogP contribution >= 0.6 is 27.5 Å². The fraction of sp³-hybridized carbons (Fsp3) is 0.310. The summed E-state index contributed by atoms with van der Waals surface area (Å²) in [6.07, 6.45) is -1.29. The number of nitrogens with zero attached hydrogens (tertiary/aromatic N) is 4. The molecular weight excluding hydrogens is 688 g/mol. The number of nitrogens with one attached hydrogen (secondary N) is 2. The van der Waals surface area contributed by atoms with E-state index in [1.54, 1.807) is 12.1 Å². The Morgan fingerprint density at radius 3 is 2.11 bits per heavy atom. The number of aryl methyl sites for hydroxylation is 2. The smallest absolute Gasteiger partial charge is 0.186 e. The molecular formula is C29H30BrClF4N6O4. The predicted octanol–water partition coefficient (Wildman–Crippen LogP) is 4.66. The molecule has 0 fully saturated rings. The lowest BCUT2D eigenvalue weighted by Crippen LogP contribution is -2.24. The third-order valence-corrected chi connectivity index (χ3v) is 6.93. The van der Waals surface area contributed by atoms with Crippen molar-refractivity contribution in [1.82, 2.24) is 19.9 Å². The van der Waals surface area contributed by atoms with E-state index in [9.17, 15) is 27.8 Å². The van der Waals surface area contributed by atoms with Crippen LogP contribution in [0.2, 0.25) is 5.02 Å². The Balaban J connectivity index is 0.000000246. The molecule has 0 radical (unpaired) electrons.